The Bertz CT molecular complexity index is 1260. The van der Waals surface area contributed by atoms with Gasteiger partial charge in [0.15, 0.2) is 0 Å². The van der Waals surface area contributed by atoms with Crippen LogP contribution in [0.15, 0.2) is 77.2 Å². The number of hydrogen-bond donors (Lipinski definition) is 0. The number of nitrogens with zero attached hydrogens (tertiary/aromatic N) is 5. The van der Waals surface area contributed by atoms with Crippen molar-refractivity contribution in [3.63, 3.8) is 0 Å². The summed E-state index contributed by atoms with van der Waals surface area (Å²) in [4.78, 5) is 0. The van der Waals surface area contributed by atoms with Crippen molar-refractivity contribution in [2.24, 2.45) is 0 Å². The van der Waals surface area contributed by atoms with E-state index in [9.17, 15) is 4.39 Å². The number of halogens is 1. The zero-order valence-corrected chi connectivity index (χ0v) is 14.7. The molecule has 0 radical (unpaired) electrons. The minimum Gasteiger partial charge on any atom is -0.416 e. The lowest BCUT2D eigenvalue weighted by Crippen LogP contribution is -2.01. The molecule has 0 aliphatic carbocycles. The van der Waals surface area contributed by atoms with E-state index in [0.717, 1.165) is 22.2 Å². The Kier molecular flexibility index (Phi) is 3.90. The highest BCUT2D eigenvalue weighted by atomic mass is 19.1. The molecule has 0 spiro atoms. The van der Waals surface area contributed by atoms with Gasteiger partial charge in [-0.1, -0.05) is 41.6 Å². The van der Waals surface area contributed by atoms with Crippen LogP contribution in [0.2, 0.25) is 0 Å². The lowest BCUT2D eigenvalue weighted by molar-refractivity contribution is 0.570. The first-order valence-corrected chi connectivity index (χ1v) is 8.74. The van der Waals surface area contributed by atoms with Gasteiger partial charge in [0.05, 0.1) is 17.6 Å². The molecule has 0 bridgehead atoms. The van der Waals surface area contributed by atoms with Gasteiger partial charge < -0.3 is 4.42 Å². The molecule has 3 aromatic carbocycles. The molecule has 7 heteroatoms. The molecule has 0 fully saturated rings. The average Bonchev–Trinajstić information content (AvgIpc) is 3.37. The Balaban J connectivity index is 1.39. The van der Waals surface area contributed by atoms with Gasteiger partial charge in [-0.05, 0) is 42.0 Å². The Morgan fingerprint density at radius 1 is 0.786 bits per heavy atom. The van der Waals surface area contributed by atoms with Crippen LogP contribution in [0.1, 0.15) is 5.56 Å². The van der Waals surface area contributed by atoms with Crippen LogP contribution < -0.4 is 0 Å². The van der Waals surface area contributed by atoms with E-state index in [1.165, 1.54) is 6.07 Å². The maximum Gasteiger partial charge on any atom is 0.251 e. The minimum absolute atomic E-state index is 0.159. The molecule has 0 saturated carbocycles. The summed E-state index contributed by atoms with van der Waals surface area (Å²) < 4.78 is 21.4. The van der Waals surface area contributed by atoms with Gasteiger partial charge in [-0.3, -0.25) is 0 Å². The second-order valence-electron chi connectivity index (χ2n) is 6.32. The quantitative estimate of drug-likeness (QED) is 0.470. The second kappa shape index (κ2) is 6.70. The van der Waals surface area contributed by atoms with Crippen molar-refractivity contribution >= 4 is 11.0 Å². The van der Waals surface area contributed by atoms with Crippen molar-refractivity contribution in [1.29, 1.82) is 0 Å². The molecule has 5 aromatic rings. The third kappa shape index (κ3) is 2.92. The van der Waals surface area contributed by atoms with E-state index in [1.807, 2.05) is 53.2 Å². The number of para-hydroxylation sites is 1. The fraction of sp³-hybridized carbons (Fsp3) is 0.0476. The van der Waals surface area contributed by atoms with E-state index in [-0.39, 0.29) is 11.5 Å². The topological polar surface area (TPSA) is 69.6 Å². The van der Waals surface area contributed by atoms with Crippen molar-refractivity contribution in [2.75, 3.05) is 0 Å². The van der Waals surface area contributed by atoms with Crippen molar-refractivity contribution in [3.05, 3.63) is 84.2 Å². The zero-order chi connectivity index (χ0) is 18.9. The SMILES string of the molecule is Fc1ccccc1-c1nnc(-c2ccc(Cn3nnc4ccccc43)cc2)o1. The molecule has 6 nitrogen and oxygen atoms in total. The van der Waals surface area contributed by atoms with Crippen LogP contribution >= 0.6 is 0 Å². The highest BCUT2D eigenvalue weighted by molar-refractivity contribution is 5.73. The molecule has 2 heterocycles. The highest BCUT2D eigenvalue weighted by Gasteiger charge is 2.13. The normalized spacial score (nSPS) is 11.2. The first-order valence-electron chi connectivity index (χ1n) is 8.74. The van der Waals surface area contributed by atoms with Crippen molar-refractivity contribution in [3.8, 4) is 22.9 Å². The summed E-state index contributed by atoms with van der Waals surface area (Å²) in [5.74, 6) is 0.107. The zero-order valence-electron chi connectivity index (χ0n) is 14.7. The van der Waals surface area contributed by atoms with Crippen LogP contribution in [0.3, 0.4) is 0 Å². The van der Waals surface area contributed by atoms with Crippen LogP contribution in [0.4, 0.5) is 4.39 Å². The molecule has 0 saturated heterocycles. The van der Waals surface area contributed by atoms with E-state index in [0.29, 0.717) is 12.4 Å². The summed E-state index contributed by atoms with van der Waals surface area (Å²) in [6, 6.07) is 21.9. The summed E-state index contributed by atoms with van der Waals surface area (Å²) >= 11 is 0. The third-order valence-corrected chi connectivity index (χ3v) is 4.48. The summed E-state index contributed by atoms with van der Waals surface area (Å²) in [5, 5.41) is 16.4. The Morgan fingerprint density at radius 3 is 2.39 bits per heavy atom. The maximum atomic E-state index is 13.9. The molecule has 0 N–H and O–H groups in total. The monoisotopic (exact) mass is 371 g/mol. The summed E-state index contributed by atoms with van der Waals surface area (Å²) in [6.45, 7) is 0.602. The largest absolute Gasteiger partial charge is 0.416 e. The molecule has 0 unspecified atom stereocenters. The van der Waals surface area contributed by atoms with E-state index in [2.05, 4.69) is 20.5 Å². The van der Waals surface area contributed by atoms with Crippen LogP contribution in [0.5, 0.6) is 0 Å². The molecule has 0 atom stereocenters. The number of benzene rings is 3. The van der Waals surface area contributed by atoms with Gasteiger partial charge in [0.2, 0.25) is 5.89 Å². The van der Waals surface area contributed by atoms with Gasteiger partial charge in [0.25, 0.3) is 5.89 Å². The second-order valence-corrected chi connectivity index (χ2v) is 6.32. The predicted molar refractivity (Wildman–Crippen MR) is 102 cm³/mol. The molecule has 5 rings (SSSR count). The van der Waals surface area contributed by atoms with Crippen molar-refractivity contribution < 1.29 is 8.81 Å². The fourth-order valence-corrected chi connectivity index (χ4v) is 3.04. The van der Waals surface area contributed by atoms with Crippen LogP contribution in [-0.2, 0) is 6.54 Å². The molecular formula is C21H14FN5O. The molecular weight excluding hydrogens is 357 g/mol. The number of aromatic nitrogens is 5. The van der Waals surface area contributed by atoms with E-state index in [1.54, 1.807) is 18.2 Å². The van der Waals surface area contributed by atoms with Crippen LogP contribution in [-0.4, -0.2) is 25.2 Å². The number of rotatable bonds is 4. The van der Waals surface area contributed by atoms with E-state index in [4.69, 9.17) is 4.42 Å². The van der Waals surface area contributed by atoms with E-state index < -0.39 is 5.82 Å². The highest BCUT2D eigenvalue weighted by Crippen LogP contribution is 2.26. The fourth-order valence-electron chi connectivity index (χ4n) is 3.04. The summed E-state index contributed by atoms with van der Waals surface area (Å²) in [6.07, 6.45) is 0. The van der Waals surface area contributed by atoms with Crippen LogP contribution in [0, 0.1) is 5.82 Å². The molecule has 0 aliphatic heterocycles. The van der Waals surface area contributed by atoms with Gasteiger partial charge >= 0.3 is 0 Å². The first kappa shape index (κ1) is 16.3. The standard InChI is InChI=1S/C21H14FN5O/c22-17-6-2-1-5-16(17)21-25-24-20(28-21)15-11-9-14(10-12-15)13-27-19-8-4-3-7-18(19)23-26-27/h1-12H,13H2. The Hall–Kier alpha value is -3.87. The van der Waals surface area contributed by atoms with Gasteiger partial charge in [-0.15, -0.1) is 15.3 Å². The van der Waals surface area contributed by atoms with E-state index >= 15 is 0 Å². The lowest BCUT2D eigenvalue weighted by Gasteiger charge is -2.03. The molecule has 136 valence electrons. The van der Waals surface area contributed by atoms with Crippen molar-refractivity contribution in [1.82, 2.24) is 25.2 Å². The average molecular weight is 371 g/mol. The number of fused-ring (bicyclic) bond motifs is 1. The third-order valence-electron chi connectivity index (χ3n) is 4.48. The Morgan fingerprint density at radius 2 is 1.54 bits per heavy atom. The van der Waals surface area contributed by atoms with Gasteiger partial charge in [0, 0.05) is 5.56 Å². The van der Waals surface area contributed by atoms with Crippen LogP contribution in [0.25, 0.3) is 33.9 Å². The van der Waals surface area contributed by atoms with Gasteiger partial charge in [-0.25, -0.2) is 9.07 Å². The predicted octanol–water partition coefficient (Wildman–Crippen LogP) is 4.34. The minimum atomic E-state index is -0.395. The molecule has 28 heavy (non-hydrogen) atoms. The number of hydrogen-bond acceptors (Lipinski definition) is 5. The molecule has 2 aromatic heterocycles. The maximum absolute atomic E-state index is 13.9. The van der Waals surface area contributed by atoms with Crippen molar-refractivity contribution in [2.45, 2.75) is 6.54 Å². The van der Waals surface area contributed by atoms with Gasteiger partial charge in [-0.2, -0.15) is 0 Å². The molecule has 0 aliphatic rings. The Labute approximate surface area is 159 Å². The molecule has 0 amide bonds. The smallest absolute Gasteiger partial charge is 0.251 e. The first-order chi connectivity index (χ1) is 13.8. The lowest BCUT2D eigenvalue weighted by atomic mass is 10.1. The van der Waals surface area contributed by atoms with Gasteiger partial charge in [0.1, 0.15) is 11.3 Å². The summed E-state index contributed by atoms with van der Waals surface area (Å²) in [7, 11) is 0. The summed E-state index contributed by atoms with van der Waals surface area (Å²) in [5.41, 5.74) is 3.97.